The maximum atomic E-state index is 7.50. The van der Waals surface area contributed by atoms with Crippen LogP contribution in [0.1, 0.15) is 0 Å². The van der Waals surface area contributed by atoms with Crippen molar-refractivity contribution >= 4 is 0 Å². The monoisotopic (exact) mass is 210 g/mol. The molecule has 0 N–H and O–H groups in total. The first kappa shape index (κ1) is 43.5. The molecule has 0 aromatic rings. The minimum atomic E-state index is 0. The fourth-order valence-electron chi connectivity index (χ4n) is 0. The summed E-state index contributed by atoms with van der Waals surface area (Å²) in [5, 5.41) is 0. The molecule has 0 saturated carbocycles. The van der Waals surface area contributed by atoms with Gasteiger partial charge in [0.05, 0.1) is 0 Å². The third-order valence-electron chi connectivity index (χ3n) is 0. The molecule has 0 aliphatic carbocycles. The second kappa shape index (κ2) is 688. The molecule has 0 aromatic carbocycles. The molecule has 0 aromatic heterocycles. The van der Waals surface area contributed by atoms with Crippen molar-refractivity contribution < 1.29 is 86.8 Å². The first-order chi connectivity index (χ1) is 4.00. The molecule has 6 heteroatoms. The Morgan fingerprint density at radius 3 is 0.500 bits per heavy atom. The van der Waals surface area contributed by atoms with E-state index in [0.29, 0.717) is 0 Å². The van der Waals surface area contributed by atoms with E-state index in [1.54, 1.807) is 0 Å². The topological polar surface area (TPSA) is 79.6 Å². The van der Waals surface area contributed by atoms with Gasteiger partial charge in [-0.25, -0.2) is 0 Å². The van der Waals surface area contributed by atoms with Crippen LogP contribution in [0.2, 0.25) is 0 Å². The van der Waals surface area contributed by atoms with Crippen LogP contribution in [0.25, 0.3) is 0 Å². The first-order valence-electron chi connectivity index (χ1n) is 0.816. The minimum Gasteiger partial charge on any atom is 0 e. The van der Waals surface area contributed by atoms with Gasteiger partial charge in [0.15, 0.2) is 0 Å². The Morgan fingerprint density at radius 2 is 0.500 bits per heavy atom. The Labute approximate surface area is 112 Å². The van der Waals surface area contributed by atoms with Gasteiger partial charge >= 0.3 is 96.6 Å². The van der Waals surface area contributed by atoms with E-state index < -0.39 is 0 Å². The maximum absolute atomic E-state index is 7.50. The summed E-state index contributed by atoms with van der Waals surface area (Å²) in [7, 11) is 0. The molecule has 10 heavy (non-hydrogen) atoms. The average Bonchev–Trinajstić information content (AvgIpc) is 2.03. The summed E-state index contributed by atoms with van der Waals surface area (Å²) >= 11 is 0. The molecule has 0 amide bonds. The molecule has 0 heterocycles. The Kier molecular flexibility index (Phi) is 3000. The third kappa shape index (κ3) is 491. The van der Waals surface area contributed by atoms with Gasteiger partial charge in [0.1, 0.15) is 0 Å². The smallest absolute Gasteiger partial charge is 0 e. The predicted molar refractivity (Wildman–Crippen MR) is 15.7 cm³/mol. The van der Waals surface area contributed by atoms with E-state index in [0.717, 1.165) is 0 Å². The van der Waals surface area contributed by atoms with Gasteiger partial charge in [-0.3, -0.25) is 0 Å². The van der Waals surface area contributed by atoms with Crippen molar-refractivity contribution in [3.63, 3.8) is 0 Å². The molecule has 0 aliphatic rings. The summed E-state index contributed by atoms with van der Waals surface area (Å²) < 4.78 is 30.0. The van der Waals surface area contributed by atoms with E-state index in [-0.39, 0.29) is 68.2 Å². The second-order valence-corrected chi connectivity index (χ2v) is 0. The largest absolute Gasteiger partial charge is 1.00 e. The summed E-state index contributed by atoms with van der Waals surface area (Å²) in [6.45, 7) is 18.0. The van der Waals surface area contributed by atoms with E-state index in [9.17, 15) is 0 Å². The molecule has 0 rings (SSSR count). The van der Waals surface area contributed by atoms with Gasteiger partial charge in [0.25, 0.3) is 0 Å². The Morgan fingerprint density at radius 1 is 0.500 bits per heavy atom. The predicted octanol–water partition coefficient (Wildman–Crippen LogP) is -3.15. The molecule has 0 atom stereocenters. The summed E-state index contributed by atoms with van der Waals surface area (Å²) in [6.07, 6.45) is 0. The van der Waals surface area contributed by atoms with Crippen LogP contribution in [0.15, 0.2) is 0 Å². The molecular weight excluding hydrogens is 210 g/mol. The van der Waals surface area contributed by atoms with Gasteiger partial charge in [0, 0.05) is 16.8 Å². The van der Waals surface area contributed by atoms with Crippen LogP contribution in [0, 0.1) is 26.6 Å². The van der Waals surface area contributed by atoms with Crippen molar-refractivity contribution in [2.75, 3.05) is 0 Å². The molecule has 1 radical (unpaired) electrons. The van der Waals surface area contributed by atoms with E-state index in [1.807, 2.05) is 0 Å². The molecule has 0 bridgehead atoms. The Bertz CT molecular complexity index is 60.2. The van der Waals surface area contributed by atoms with E-state index >= 15 is 0 Å². The van der Waals surface area contributed by atoms with Gasteiger partial charge in [-0.1, -0.05) is 0 Å². The SMILES string of the molecule is [C-]#[O+].[C-]#[O+].[C-]#[O+].[C-]#[O+].[Co].[K+]. The summed E-state index contributed by atoms with van der Waals surface area (Å²) in [6, 6.07) is 0. The molecule has 4 nitrogen and oxygen atoms in total. The van der Waals surface area contributed by atoms with Gasteiger partial charge in [-0.05, 0) is 0 Å². The van der Waals surface area contributed by atoms with Crippen molar-refractivity contribution in [1.82, 2.24) is 0 Å². The van der Waals surface area contributed by atoms with Crippen molar-refractivity contribution in [2.24, 2.45) is 0 Å². The van der Waals surface area contributed by atoms with Crippen LogP contribution in [0.4, 0.5) is 0 Å². The number of hydrogen-bond donors (Lipinski definition) is 0. The van der Waals surface area contributed by atoms with Gasteiger partial charge in [-0.15, -0.1) is 0 Å². The van der Waals surface area contributed by atoms with Crippen LogP contribution >= 0.6 is 0 Å². The quantitative estimate of drug-likeness (QED) is 0.230. The zero-order valence-corrected chi connectivity index (χ0v) is 9.13. The standard InChI is InChI=1S/4CO.Co.K/c4*1-2;;/q;;;;;+1. The minimum absolute atomic E-state index is 0. The Balaban J connectivity index is -0.00000000500. The average molecular weight is 210 g/mol. The van der Waals surface area contributed by atoms with E-state index in [1.165, 1.54) is 0 Å². The summed E-state index contributed by atoms with van der Waals surface area (Å²) in [5.74, 6) is 0. The Hall–Kier alpha value is 1.10. The molecule has 0 aliphatic heterocycles. The van der Waals surface area contributed by atoms with Crippen LogP contribution in [0.3, 0.4) is 0 Å². The van der Waals surface area contributed by atoms with Gasteiger partial charge in [-0.2, -0.15) is 0 Å². The number of hydrogen-bond acceptors (Lipinski definition) is 0. The fourth-order valence-corrected chi connectivity index (χ4v) is 0. The molecule has 0 spiro atoms. The van der Waals surface area contributed by atoms with Crippen LogP contribution in [-0.4, -0.2) is 0 Å². The van der Waals surface area contributed by atoms with Crippen LogP contribution < -0.4 is 51.4 Å². The van der Waals surface area contributed by atoms with Crippen molar-refractivity contribution in [1.29, 1.82) is 0 Å². The van der Waals surface area contributed by atoms with Crippen molar-refractivity contribution in [2.45, 2.75) is 0 Å². The van der Waals surface area contributed by atoms with Gasteiger partial charge in [0.2, 0.25) is 0 Å². The summed E-state index contributed by atoms with van der Waals surface area (Å²) in [5.41, 5.74) is 0. The molecular formula is C4CoKO4+. The zero-order valence-electron chi connectivity index (χ0n) is 4.97. The molecule has 0 unspecified atom stereocenters. The zero-order chi connectivity index (χ0) is 8.00. The van der Waals surface area contributed by atoms with E-state index in [4.69, 9.17) is 18.6 Å². The van der Waals surface area contributed by atoms with Crippen LogP contribution in [0.5, 0.6) is 0 Å². The molecule has 0 saturated heterocycles. The van der Waals surface area contributed by atoms with Crippen molar-refractivity contribution in [3.8, 4) is 0 Å². The van der Waals surface area contributed by atoms with Crippen LogP contribution in [-0.2, 0) is 35.4 Å². The normalized spacial score (nSPS) is 0.800. The third-order valence-corrected chi connectivity index (χ3v) is 0. The van der Waals surface area contributed by atoms with Gasteiger partial charge < -0.3 is 0 Å². The fraction of sp³-hybridized carbons (Fsp3) is 0. The second-order valence-electron chi connectivity index (χ2n) is 0. The maximum Gasteiger partial charge on any atom is 1.00 e. The molecule has 0 fully saturated rings. The summed E-state index contributed by atoms with van der Waals surface area (Å²) in [4.78, 5) is 0. The molecule has 49 valence electrons. The number of rotatable bonds is 0. The van der Waals surface area contributed by atoms with Crippen molar-refractivity contribution in [3.05, 3.63) is 26.6 Å². The first-order valence-corrected chi connectivity index (χ1v) is 0.816. The van der Waals surface area contributed by atoms with E-state index in [2.05, 4.69) is 26.6 Å².